The summed E-state index contributed by atoms with van der Waals surface area (Å²) >= 11 is 0. The summed E-state index contributed by atoms with van der Waals surface area (Å²) in [6, 6.07) is 3.82. The van der Waals surface area contributed by atoms with Gasteiger partial charge in [0.05, 0.1) is 5.56 Å². The van der Waals surface area contributed by atoms with E-state index in [0.717, 1.165) is 38.2 Å². The van der Waals surface area contributed by atoms with Crippen LogP contribution in [0, 0.1) is 23.5 Å². The third-order valence-corrected chi connectivity index (χ3v) is 4.01. The highest BCUT2D eigenvalue weighted by molar-refractivity contribution is 5.98. The van der Waals surface area contributed by atoms with Gasteiger partial charge in [-0.3, -0.25) is 4.79 Å². The summed E-state index contributed by atoms with van der Waals surface area (Å²) in [5, 5.41) is 0. The quantitative estimate of drug-likeness (QED) is 0.730. The number of carbonyl (C=O) groups excluding carboxylic acids is 1. The Balaban J connectivity index is 2.10. The minimum atomic E-state index is -1.000. The molecule has 0 spiro atoms. The molecule has 1 fully saturated rings. The third kappa shape index (κ3) is 2.60. The maximum atomic E-state index is 13.6. The number of hydrogen-bond donors (Lipinski definition) is 0. The number of rotatable bonds is 3. The van der Waals surface area contributed by atoms with Crippen molar-refractivity contribution in [2.45, 2.75) is 39.0 Å². The average Bonchev–Trinajstić information content (AvgIpc) is 2.41. The van der Waals surface area contributed by atoms with Crippen molar-refractivity contribution in [2.75, 3.05) is 0 Å². The summed E-state index contributed by atoms with van der Waals surface area (Å²) in [5.74, 6) is -1.62. The molecule has 0 N–H and O–H groups in total. The first-order valence-corrected chi connectivity index (χ1v) is 6.61. The Bertz CT molecular complexity index is 434. The Morgan fingerprint density at radius 2 is 1.89 bits per heavy atom. The van der Waals surface area contributed by atoms with Crippen LogP contribution in [0.25, 0.3) is 0 Å². The van der Waals surface area contributed by atoms with Gasteiger partial charge in [0.2, 0.25) is 0 Å². The van der Waals surface area contributed by atoms with Crippen LogP contribution in [-0.2, 0) is 0 Å². The summed E-state index contributed by atoms with van der Waals surface area (Å²) in [7, 11) is 0. The minimum Gasteiger partial charge on any atom is -0.294 e. The van der Waals surface area contributed by atoms with Crippen molar-refractivity contribution in [1.82, 2.24) is 0 Å². The summed E-state index contributed by atoms with van der Waals surface area (Å²) in [5.41, 5.74) is -0.0880. The van der Waals surface area contributed by atoms with Crippen molar-refractivity contribution in [1.29, 1.82) is 0 Å². The molecule has 1 aliphatic rings. The summed E-state index contributed by atoms with van der Waals surface area (Å²) < 4.78 is 26.7. The Hall–Kier alpha value is -1.25. The van der Waals surface area contributed by atoms with Crippen LogP contribution in [0.15, 0.2) is 18.2 Å². The molecule has 2 rings (SSSR count). The largest absolute Gasteiger partial charge is 0.294 e. The van der Waals surface area contributed by atoms with Crippen LogP contribution in [-0.4, -0.2) is 5.78 Å². The molecule has 0 radical (unpaired) electrons. The fourth-order valence-electron chi connectivity index (χ4n) is 2.75. The molecule has 0 amide bonds. The Labute approximate surface area is 106 Å². The molecule has 1 aromatic carbocycles. The number of benzene rings is 1. The number of ketones is 1. The van der Waals surface area contributed by atoms with Gasteiger partial charge in [-0.1, -0.05) is 19.4 Å². The van der Waals surface area contributed by atoms with Gasteiger partial charge in [-0.05, 0) is 43.7 Å². The zero-order valence-electron chi connectivity index (χ0n) is 10.6. The van der Waals surface area contributed by atoms with Crippen molar-refractivity contribution in [3.05, 3.63) is 35.4 Å². The first-order chi connectivity index (χ1) is 8.63. The van der Waals surface area contributed by atoms with Gasteiger partial charge in [0.15, 0.2) is 17.4 Å². The lowest BCUT2D eigenvalue weighted by atomic mass is 9.78. The zero-order chi connectivity index (χ0) is 13.1. The van der Waals surface area contributed by atoms with E-state index in [-0.39, 0.29) is 17.3 Å². The zero-order valence-corrected chi connectivity index (χ0v) is 10.6. The van der Waals surface area contributed by atoms with Crippen LogP contribution < -0.4 is 0 Å². The number of Topliss-reactive ketones (excluding diaryl/α,β-unsaturated/α-hetero) is 1. The predicted octanol–water partition coefficient (Wildman–Crippen LogP) is 4.36. The second-order valence-corrected chi connectivity index (χ2v) is 5.09. The van der Waals surface area contributed by atoms with Crippen molar-refractivity contribution in [3.63, 3.8) is 0 Å². The molecule has 18 heavy (non-hydrogen) atoms. The molecule has 0 atom stereocenters. The first-order valence-electron chi connectivity index (χ1n) is 6.61. The topological polar surface area (TPSA) is 17.1 Å². The van der Waals surface area contributed by atoms with Gasteiger partial charge in [0.25, 0.3) is 0 Å². The molecule has 0 heterocycles. The summed E-state index contributed by atoms with van der Waals surface area (Å²) in [6.45, 7) is 2.15. The maximum absolute atomic E-state index is 13.6. The molecule has 98 valence electrons. The molecular formula is C15H18F2O. The maximum Gasteiger partial charge on any atom is 0.169 e. The molecule has 1 saturated carbocycles. The lowest BCUT2D eigenvalue weighted by molar-refractivity contribution is 0.0866. The SMILES string of the molecule is CCC1CCC(C(=O)c2cccc(F)c2F)CC1. The van der Waals surface area contributed by atoms with Gasteiger partial charge in [-0.15, -0.1) is 0 Å². The van der Waals surface area contributed by atoms with E-state index in [0.29, 0.717) is 5.92 Å². The highest BCUT2D eigenvalue weighted by atomic mass is 19.2. The van der Waals surface area contributed by atoms with E-state index >= 15 is 0 Å². The van der Waals surface area contributed by atoms with Gasteiger partial charge >= 0.3 is 0 Å². The Kier molecular flexibility index (Phi) is 4.10. The lowest BCUT2D eigenvalue weighted by Crippen LogP contribution is -2.22. The van der Waals surface area contributed by atoms with Crippen molar-refractivity contribution in [3.8, 4) is 0 Å². The Morgan fingerprint density at radius 1 is 1.22 bits per heavy atom. The lowest BCUT2D eigenvalue weighted by Gasteiger charge is -2.26. The summed E-state index contributed by atoms with van der Waals surface area (Å²) in [6.07, 6.45) is 4.77. The second-order valence-electron chi connectivity index (χ2n) is 5.09. The number of carbonyl (C=O) groups is 1. The van der Waals surface area contributed by atoms with Crippen molar-refractivity contribution in [2.24, 2.45) is 11.8 Å². The van der Waals surface area contributed by atoms with Gasteiger partial charge in [-0.25, -0.2) is 8.78 Å². The van der Waals surface area contributed by atoms with Crippen LogP contribution >= 0.6 is 0 Å². The Morgan fingerprint density at radius 3 is 2.50 bits per heavy atom. The minimum absolute atomic E-state index is 0.0880. The molecule has 1 aliphatic carbocycles. The van der Waals surface area contributed by atoms with Crippen LogP contribution in [0.4, 0.5) is 8.78 Å². The van der Waals surface area contributed by atoms with Gasteiger partial charge in [-0.2, -0.15) is 0 Å². The van der Waals surface area contributed by atoms with Crippen LogP contribution in [0.5, 0.6) is 0 Å². The third-order valence-electron chi connectivity index (χ3n) is 4.01. The molecule has 0 saturated heterocycles. The monoisotopic (exact) mass is 252 g/mol. The average molecular weight is 252 g/mol. The second kappa shape index (κ2) is 5.59. The van der Waals surface area contributed by atoms with Crippen LogP contribution in [0.2, 0.25) is 0 Å². The van der Waals surface area contributed by atoms with Crippen molar-refractivity contribution >= 4 is 5.78 Å². The molecule has 3 heteroatoms. The number of hydrogen-bond acceptors (Lipinski definition) is 1. The highest BCUT2D eigenvalue weighted by Gasteiger charge is 2.28. The van der Waals surface area contributed by atoms with E-state index in [2.05, 4.69) is 6.92 Å². The smallest absolute Gasteiger partial charge is 0.169 e. The molecular weight excluding hydrogens is 234 g/mol. The van der Waals surface area contributed by atoms with Crippen molar-refractivity contribution < 1.29 is 13.6 Å². The van der Waals surface area contributed by atoms with Gasteiger partial charge in [0.1, 0.15) is 0 Å². The van der Waals surface area contributed by atoms with E-state index in [1.807, 2.05) is 0 Å². The molecule has 0 bridgehead atoms. The van der Waals surface area contributed by atoms with E-state index in [9.17, 15) is 13.6 Å². The highest BCUT2D eigenvalue weighted by Crippen LogP contribution is 2.33. The fraction of sp³-hybridized carbons (Fsp3) is 0.533. The molecule has 0 aromatic heterocycles. The fourth-order valence-corrected chi connectivity index (χ4v) is 2.75. The van der Waals surface area contributed by atoms with Crippen LogP contribution in [0.3, 0.4) is 0 Å². The van der Waals surface area contributed by atoms with Crippen LogP contribution in [0.1, 0.15) is 49.4 Å². The predicted molar refractivity (Wildman–Crippen MR) is 66.4 cm³/mol. The van der Waals surface area contributed by atoms with E-state index in [1.165, 1.54) is 12.1 Å². The molecule has 1 aromatic rings. The van der Waals surface area contributed by atoms with Gasteiger partial charge < -0.3 is 0 Å². The normalized spacial score (nSPS) is 23.9. The number of halogens is 2. The van der Waals surface area contributed by atoms with E-state index in [4.69, 9.17) is 0 Å². The standard InChI is InChI=1S/C15H18F2O/c1-2-10-6-8-11(9-7-10)15(18)12-4-3-5-13(16)14(12)17/h3-5,10-11H,2,6-9H2,1H3. The molecule has 1 nitrogen and oxygen atoms in total. The summed E-state index contributed by atoms with van der Waals surface area (Å²) in [4.78, 5) is 12.2. The molecule has 0 aliphatic heterocycles. The molecule has 0 unspecified atom stereocenters. The first kappa shape index (κ1) is 13.2. The van der Waals surface area contributed by atoms with E-state index < -0.39 is 11.6 Å². The van der Waals surface area contributed by atoms with Gasteiger partial charge in [0, 0.05) is 5.92 Å². The van der Waals surface area contributed by atoms with E-state index in [1.54, 1.807) is 0 Å².